The van der Waals surface area contributed by atoms with E-state index in [0.717, 1.165) is 32.2 Å². The molecule has 1 amide bonds. The minimum absolute atomic E-state index is 0.0282. The first kappa shape index (κ1) is 20.7. The maximum absolute atomic E-state index is 13.5. The molecule has 2 bridgehead atoms. The van der Waals surface area contributed by atoms with Gasteiger partial charge >= 0.3 is 0 Å². The molecule has 31 heavy (non-hydrogen) atoms. The van der Waals surface area contributed by atoms with E-state index in [4.69, 9.17) is 16.3 Å². The predicted octanol–water partition coefficient (Wildman–Crippen LogP) is 2.85. The molecule has 8 heteroatoms. The molecule has 4 aliphatic rings. The van der Waals surface area contributed by atoms with Gasteiger partial charge in [-0.3, -0.25) is 20.7 Å². The van der Waals surface area contributed by atoms with Gasteiger partial charge in [-0.25, -0.2) is 4.39 Å². The van der Waals surface area contributed by atoms with E-state index in [1.165, 1.54) is 17.7 Å². The highest BCUT2D eigenvalue weighted by Crippen LogP contribution is 2.60. The molecule has 164 valence electrons. The molecule has 2 aromatic rings. The number of amides is 1. The van der Waals surface area contributed by atoms with Gasteiger partial charge in [-0.15, -0.1) is 0 Å². The molecule has 3 aliphatic carbocycles. The predicted molar refractivity (Wildman–Crippen MR) is 116 cm³/mol. The summed E-state index contributed by atoms with van der Waals surface area (Å²) in [5.41, 5.74) is 1.22. The summed E-state index contributed by atoms with van der Waals surface area (Å²) < 4.78 is 18.9. The topological polar surface area (TPSA) is 74.4 Å². The van der Waals surface area contributed by atoms with Crippen LogP contribution in [0.5, 0.6) is 5.75 Å². The van der Waals surface area contributed by atoms with Gasteiger partial charge in [0.1, 0.15) is 17.9 Å². The summed E-state index contributed by atoms with van der Waals surface area (Å²) in [6.07, 6.45) is 3.80. The molecule has 0 radical (unpaired) electrons. The molecule has 1 saturated heterocycles. The first-order valence-electron chi connectivity index (χ1n) is 10.7. The van der Waals surface area contributed by atoms with Crippen molar-refractivity contribution in [3.8, 4) is 5.75 Å². The molecule has 4 N–H and O–H groups in total. The van der Waals surface area contributed by atoms with Crippen molar-refractivity contribution < 1.29 is 13.9 Å². The molecule has 3 saturated carbocycles. The molecule has 0 spiro atoms. The average Bonchev–Trinajstić information content (AvgIpc) is 2.73. The molecule has 6 rings (SSSR count). The Morgan fingerprint density at radius 1 is 1.16 bits per heavy atom. The number of hydrogen-bond acceptors (Lipinski definition) is 5. The van der Waals surface area contributed by atoms with Gasteiger partial charge in [-0.2, -0.15) is 0 Å². The monoisotopic (exact) mass is 444 g/mol. The van der Waals surface area contributed by atoms with Gasteiger partial charge in [-0.05, 0) is 49.9 Å². The molecular formula is C23H26ClFN4O2. The standard InChI is InChI=1S/C23H26ClFN4O2/c24-17-7-6-16(10-18(17)25)31-11-20(30)28-22-12-23(13-22,14-22)29-21-26-9-8-19(27-21)15-4-2-1-3-5-15/h1-7,10,19,21,26-27,29H,8-9,11-14H2,(H,28,30). The average molecular weight is 445 g/mol. The van der Waals surface area contributed by atoms with Crippen LogP contribution in [0.1, 0.15) is 37.3 Å². The lowest BCUT2D eigenvalue weighted by molar-refractivity contribution is -0.146. The molecule has 2 unspecified atom stereocenters. The summed E-state index contributed by atoms with van der Waals surface area (Å²) in [5.74, 6) is -0.469. The number of nitrogens with one attached hydrogen (secondary N) is 4. The molecule has 2 aromatic carbocycles. The fourth-order valence-corrected chi connectivity index (χ4v) is 5.30. The SMILES string of the molecule is O=C(COc1ccc(Cl)c(F)c1)NC12CC(NC3NCCC(c4ccccc4)N3)(C1)C2. The summed E-state index contributed by atoms with van der Waals surface area (Å²) >= 11 is 5.66. The van der Waals surface area contributed by atoms with Crippen molar-refractivity contribution in [1.29, 1.82) is 0 Å². The van der Waals surface area contributed by atoms with E-state index in [9.17, 15) is 9.18 Å². The van der Waals surface area contributed by atoms with E-state index in [2.05, 4.69) is 45.5 Å². The van der Waals surface area contributed by atoms with Crippen LogP contribution < -0.4 is 26.0 Å². The van der Waals surface area contributed by atoms with E-state index in [0.29, 0.717) is 6.04 Å². The van der Waals surface area contributed by atoms with Crippen LogP contribution >= 0.6 is 11.6 Å². The van der Waals surface area contributed by atoms with Crippen molar-refractivity contribution >= 4 is 17.5 Å². The number of ether oxygens (including phenoxy) is 1. The Labute approximate surface area is 185 Å². The quantitative estimate of drug-likeness (QED) is 0.528. The summed E-state index contributed by atoms with van der Waals surface area (Å²) in [7, 11) is 0. The minimum atomic E-state index is -0.563. The Morgan fingerprint density at radius 3 is 2.68 bits per heavy atom. The van der Waals surface area contributed by atoms with Crippen LogP contribution in [0.4, 0.5) is 4.39 Å². The van der Waals surface area contributed by atoms with E-state index in [1.807, 2.05) is 6.07 Å². The Balaban J connectivity index is 1.07. The summed E-state index contributed by atoms with van der Waals surface area (Å²) in [5, 5.41) is 14.0. The van der Waals surface area contributed by atoms with E-state index >= 15 is 0 Å². The molecule has 0 aromatic heterocycles. The van der Waals surface area contributed by atoms with Gasteiger partial charge in [-0.1, -0.05) is 41.9 Å². The van der Waals surface area contributed by atoms with E-state index in [-0.39, 0.29) is 40.7 Å². The van der Waals surface area contributed by atoms with Crippen LogP contribution in [0.15, 0.2) is 48.5 Å². The number of rotatable bonds is 7. The molecule has 6 nitrogen and oxygen atoms in total. The Hall–Kier alpha value is -2.19. The first-order valence-corrected chi connectivity index (χ1v) is 11.0. The van der Waals surface area contributed by atoms with Gasteiger partial charge in [0, 0.05) is 23.2 Å². The summed E-state index contributed by atoms with van der Waals surface area (Å²) in [4.78, 5) is 12.3. The Kier molecular flexibility index (Phi) is 5.38. The van der Waals surface area contributed by atoms with Crippen molar-refractivity contribution in [2.75, 3.05) is 13.2 Å². The smallest absolute Gasteiger partial charge is 0.258 e. The second kappa shape index (κ2) is 8.06. The molecule has 1 aliphatic heterocycles. The Bertz CT molecular complexity index is 954. The number of carbonyl (C=O) groups is 1. The minimum Gasteiger partial charge on any atom is -0.484 e. The molecule has 2 atom stereocenters. The Morgan fingerprint density at radius 2 is 1.94 bits per heavy atom. The van der Waals surface area contributed by atoms with Gasteiger partial charge in [0.25, 0.3) is 5.91 Å². The highest BCUT2D eigenvalue weighted by atomic mass is 35.5. The van der Waals surface area contributed by atoms with Crippen LogP contribution in [0.25, 0.3) is 0 Å². The fourth-order valence-electron chi connectivity index (χ4n) is 5.18. The normalized spacial score (nSPS) is 31.3. The third-order valence-electron chi connectivity index (χ3n) is 6.50. The van der Waals surface area contributed by atoms with Gasteiger partial charge < -0.3 is 10.1 Å². The number of hydrogen-bond donors (Lipinski definition) is 4. The van der Waals surface area contributed by atoms with Gasteiger partial charge in [0.2, 0.25) is 0 Å². The second-order valence-corrected chi connectivity index (χ2v) is 9.36. The van der Waals surface area contributed by atoms with Crippen LogP contribution in [0.2, 0.25) is 5.02 Å². The van der Waals surface area contributed by atoms with Crippen molar-refractivity contribution in [1.82, 2.24) is 21.3 Å². The van der Waals surface area contributed by atoms with Crippen LogP contribution in [0.3, 0.4) is 0 Å². The number of halogens is 2. The largest absolute Gasteiger partial charge is 0.484 e. The molecular weight excluding hydrogens is 419 g/mol. The van der Waals surface area contributed by atoms with E-state index in [1.54, 1.807) is 6.07 Å². The lowest BCUT2D eigenvalue weighted by Crippen LogP contribution is -2.86. The molecule has 4 fully saturated rings. The zero-order chi connectivity index (χ0) is 21.5. The number of carbonyl (C=O) groups excluding carboxylic acids is 1. The van der Waals surface area contributed by atoms with Crippen LogP contribution in [-0.2, 0) is 4.79 Å². The van der Waals surface area contributed by atoms with Crippen LogP contribution in [-0.4, -0.2) is 36.4 Å². The van der Waals surface area contributed by atoms with Gasteiger partial charge in [0.15, 0.2) is 6.61 Å². The highest BCUT2D eigenvalue weighted by molar-refractivity contribution is 6.30. The lowest BCUT2D eigenvalue weighted by atomic mass is 9.44. The third-order valence-corrected chi connectivity index (χ3v) is 6.80. The van der Waals surface area contributed by atoms with Gasteiger partial charge in [0.05, 0.1) is 5.02 Å². The second-order valence-electron chi connectivity index (χ2n) is 8.95. The number of benzene rings is 2. The summed E-state index contributed by atoms with van der Waals surface area (Å²) in [6, 6.07) is 15.0. The molecule has 1 heterocycles. The van der Waals surface area contributed by atoms with Crippen molar-refractivity contribution in [3.63, 3.8) is 0 Å². The lowest BCUT2D eigenvalue weighted by Gasteiger charge is -2.71. The van der Waals surface area contributed by atoms with Crippen molar-refractivity contribution in [2.45, 2.75) is 49.1 Å². The maximum atomic E-state index is 13.5. The van der Waals surface area contributed by atoms with Crippen molar-refractivity contribution in [2.24, 2.45) is 0 Å². The highest BCUT2D eigenvalue weighted by Gasteiger charge is 2.69. The zero-order valence-corrected chi connectivity index (χ0v) is 17.8. The maximum Gasteiger partial charge on any atom is 0.258 e. The summed E-state index contributed by atoms with van der Waals surface area (Å²) in [6.45, 7) is 0.804. The van der Waals surface area contributed by atoms with E-state index < -0.39 is 5.82 Å². The van der Waals surface area contributed by atoms with Crippen LogP contribution in [0, 0.1) is 5.82 Å². The third kappa shape index (κ3) is 4.28. The fraction of sp³-hybridized carbons (Fsp3) is 0.435. The zero-order valence-electron chi connectivity index (χ0n) is 17.1. The van der Waals surface area contributed by atoms with Crippen molar-refractivity contribution in [3.05, 3.63) is 64.9 Å². The first-order chi connectivity index (χ1) is 14.9.